The number of hydrogen-bond donors (Lipinski definition) is 1. The van der Waals surface area contributed by atoms with Gasteiger partial charge in [0.25, 0.3) is 5.91 Å². The number of nitrogens with zero attached hydrogens (tertiary/aromatic N) is 2. The number of aromatic carboxylic acids is 1. The van der Waals surface area contributed by atoms with Crippen molar-refractivity contribution >= 4 is 18.0 Å². The molecule has 1 aromatic heterocycles. The Morgan fingerprint density at radius 3 is 2.54 bits per heavy atom. The summed E-state index contributed by atoms with van der Waals surface area (Å²) in [6.45, 7) is 1.84. The van der Waals surface area contributed by atoms with Gasteiger partial charge in [-0.1, -0.05) is 6.07 Å². The third kappa shape index (κ3) is 3.52. The SMILES string of the molecule is Cc1ccc(C(=O)O)cc1-c1ccc(/C=C(/C#N)C(=O)N(C)C)o1. The topological polar surface area (TPSA) is 94.5 Å². The molecule has 0 radical (unpaired) electrons. The van der Waals surface area contributed by atoms with Crippen LogP contribution in [-0.4, -0.2) is 36.0 Å². The molecule has 0 saturated carbocycles. The maximum atomic E-state index is 11.9. The fourth-order valence-corrected chi connectivity index (χ4v) is 2.12. The largest absolute Gasteiger partial charge is 0.478 e. The maximum Gasteiger partial charge on any atom is 0.335 e. The zero-order valence-corrected chi connectivity index (χ0v) is 13.5. The van der Waals surface area contributed by atoms with Gasteiger partial charge in [0.05, 0.1) is 5.56 Å². The van der Waals surface area contributed by atoms with Crippen molar-refractivity contribution < 1.29 is 19.1 Å². The van der Waals surface area contributed by atoms with E-state index in [1.807, 2.05) is 13.0 Å². The quantitative estimate of drug-likeness (QED) is 0.689. The number of carbonyl (C=O) groups is 2. The molecule has 0 atom stereocenters. The van der Waals surface area contributed by atoms with Gasteiger partial charge in [-0.05, 0) is 36.8 Å². The van der Waals surface area contributed by atoms with Gasteiger partial charge in [-0.3, -0.25) is 4.79 Å². The second-order valence-electron chi connectivity index (χ2n) is 5.41. The maximum absolute atomic E-state index is 11.9. The number of carboxylic acids is 1. The van der Waals surface area contributed by atoms with Crippen LogP contribution < -0.4 is 0 Å². The molecule has 0 aliphatic carbocycles. The van der Waals surface area contributed by atoms with Crippen LogP contribution in [0.25, 0.3) is 17.4 Å². The first kappa shape index (κ1) is 17.0. The van der Waals surface area contributed by atoms with Crippen molar-refractivity contribution in [3.05, 3.63) is 52.8 Å². The highest BCUT2D eigenvalue weighted by atomic mass is 16.4. The number of likely N-dealkylation sites (N-methyl/N-ethyl adjacent to an activating group) is 1. The van der Waals surface area contributed by atoms with Crippen LogP contribution in [0.5, 0.6) is 0 Å². The number of benzene rings is 1. The van der Waals surface area contributed by atoms with Gasteiger partial charge in [-0.25, -0.2) is 4.79 Å². The lowest BCUT2D eigenvalue weighted by atomic mass is 10.0. The van der Waals surface area contributed by atoms with E-state index in [1.165, 1.54) is 23.1 Å². The Bertz CT molecular complexity index is 869. The first-order valence-electron chi connectivity index (χ1n) is 7.11. The summed E-state index contributed by atoms with van der Waals surface area (Å²) in [5.41, 5.74) is 1.61. The van der Waals surface area contributed by atoms with Gasteiger partial charge in [0.2, 0.25) is 0 Å². The van der Waals surface area contributed by atoms with Gasteiger partial charge in [-0.15, -0.1) is 0 Å². The lowest BCUT2D eigenvalue weighted by Crippen LogP contribution is -2.22. The van der Waals surface area contributed by atoms with Crippen LogP contribution in [0.2, 0.25) is 0 Å². The Balaban J connectivity index is 2.42. The number of carbonyl (C=O) groups excluding carboxylic acids is 1. The molecule has 0 unspecified atom stereocenters. The number of carboxylic acid groups (broad SMARTS) is 1. The Kier molecular flexibility index (Phi) is 4.85. The molecule has 24 heavy (non-hydrogen) atoms. The fraction of sp³-hybridized carbons (Fsp3) is 0.167. The Morgan fingerprint density at radius 1 is 1.25 bits per heavy atom. The summed E-state index contributed by atoms with van der Waals surface area (Å²) in [7, 11) is 3.11. The Hall–Kier alpha value is -3.33. The van der Waals surface area contributed by atoms with Crippen molar-refractivity contribution in [3.63, 3.8) is 0 Å². The van der Waals surface area contributed by atoms with Gasteiger partial charge < -0.3 is 14.4 Å². The van der Waals surface area contributed by atoms with E-state index in [1.54, 1.807) is 32.3 Å². The van der Waals surface area contributed by atoms with Crippen molar-refractivity contribution in [1.82, 2.24) is 4.90 Å². The second kappa shape index (κ2) is 6.84. The summed E-state index contributed by atoms with van der Waals surface area (Å²) < 4.78 is 5.66. The zero-order chi connectivity index (χ0) is 17.9. The first-order valence-corrected chi connectivity index (χ1v) is 7.11. The Morgan fingerprint density at radius 2 is 1.96 bits per heavy atom. The molecule has 0 bridgehead atoms. The van der Waals surface area contributed by atoms with Crippen molar-refractivity contribution in [2.24, 2.45) is 0 Å². The number of aryl methyl sites for hydroxylation is 1. The van der Waals surface area contributed by atoms with Crippen molar-refractivity contribution in [3.8, 4) is 17.4 Å². The lowest BCUT2D eigenvalue weighted by molar-refractivity contribution is -0.124. The normalized spacial score (nSPS) is 11.0. The van der Waals surface area contributed by atoms with Gasteiger partial charge >= 0.3 is 5.97 Å². The zero-order valence-electron chi connectivity index (χ0n) is 13.5. The van der Waals surface area contributed by atoms with E-state index in [-0.39, 0.29) is 11.1 Å². The van der Waals surface area contributed by atoms with E-state index in [0.29, 0.717) is 17.1 Å². The number of furan rings is 1. The predicted octanol–water partition coefficient (Wildman–Crippen LogP) is 2.95. The third-order valence-corrected chi connectivity index (χ3v) is 3.42. The molecule has 2 rings (SSSR count). The molecule has 0 spiro atoms. The molecule has 6 heteroatoms. The summed E-state index contributed by atoms with van der Waals surface area (Å²) in [4.78, 5) is 24.3. The third-order valence-electron chi connectivity index (χ3n) is 3.42. The summed E-state index contributed by atoms with van der Waals surface area (Å²) in [5, 5.41) is 18.2. The lowest BCUT2D eigenvalue weighted by Gasteiger charge is -2.08. The van der Waals surface area contributed by atoms with Crippen molar-refractivity contribution in [2.45, 2.75) is 6.92 Å². The van der Waals surface area contributed by atoms with Gasteiger partial charge in [0.15, 0.2) is 0 Å². The number of nitriles is 1. The van der Waals surface area contributed by atoms with Gasteiger partial charge in [0, 0.05) is 25.7 Å². The minimum absolute atomic E-state index is 0.0445. The standard InChI is InChI=1S/C18H16N2O4/c1-11-4-5-12(18(22)23)9-15(11)16-7-6-14(24-16)8-13(10-19)17(21)20(2)3/h4-9H,1-3H3,(H,22,23)/b13-8-. The molecule has 6 nitrogen and oxygen atoms in total. The molecular weight excluding hydrogens is 308 g/mol. The van der Waals surface area contributed by atoms with Crippen molar-refractivity contribution in [1.29, 1.82) is 5.26 Å². The van der Waals surface area contributed by atoms with Crippen LogP contribution in [0.4, 0.5) is 0 Å². The van der Waals surface area contributed by atoms with E-state index in [9.17, 15) is 9.59 Å². The molecule has 0 fully saturated rings. The average molecular weight is 324 g/mol. The summed E-state index contributed by atoms with van der Waals surface area (Å²) >= 11 is 0. The molecule has 2 aromatic rings. The fourth-order valence-electron chi connectivity index (χ4n) is 2.12. The highest BCUT2D eigenvalue weighted by molar-refractivity contribution is 6.01. The minimum Gasteiger partial charge on any atom is -0.478 e. The van der Waals surface area contributed by atoms with E-state index in [0.717, 1.165) is 5.56 Å². The van der Waals surface area contributed by atoms with Crippen LogP contribution in [0.15, 0.2) is 40.3 Å². The molecule has 0 aliphatic heterocycles. The van der Waals surface area contributed by atoms with Crippen LogP contribution >= 0.6 is 0 Å². The molecule has 1 heterocycles. The monoisotopic (exact) mass is 324 g/mol. The molecular formula is C18H16N2O4. The smallest absolute Gasteiger partial charge is 0.335 e. The van der Waals surface area contributed by atoms with E-state index >= 15 is 0 Å². The second-order valence-corrected chi connectivity index (χ2v) is 5.41. The first-order chi connectivity index (χ1) is 11.3. The van der Waals surface area contributed by atoms with E-state index in [2.05, 4.69) is 0 Å². The van der Waals surface area contributed by atoms with Crippen LogP contribution in [0.1, 0.15) is 21.7 Å². The van der Waals surface area contributed by atoms with Gasteiger partial charge in [-0.2, -0.15) is 5.26 Å². The predicted molar refractivity (Wildman–Crippen MR) is 88.1 cm³/mol. The number of rotatable bonds is 4. The van der Waals surface area contributed by atoms with Gasteiger partial charge in [0.1, 0.15) is 23.2 Å². The van der Waals surface area contributed by atoms with Crippen LogP contribution in [0, 0.1) is 18.3 Å². The Labute approximate surface area is 139 Å². The summed E-state index contributed by atoms with van der Waals surface area (Å²) in [6.07, 6.45) is 1.36. The molecule has 1 N–H and O–H groups in total. The molecule has 1 aromatic carbocycles. The molecule has 0 saturated heterocycles. The number of hydrogen-bond acceptors (Lipinski definition) is 4. The molecule has 122 valence electrons. The van der Waals surface area contributed by atoms with Crippen LogP contribution in [0.3, 0.4) is 0 Å². The molecule has 0 aliphatic rings. The van der Waals surface area contributed by atoms with Crippen molar-refractivity contribution in [2.75, 3.05) is 14.1 Å². The average Bonchev–Trinajstić information content (AvgIpc) is 3.00. The van der Waals surface area contributed by atoms with E-state index in [4.69, 9.17) is 14.8 Å². The van der Waals surface area contributed by atoms with Crippen LogP contribution in [-0.2, 0) is 4.79 Å². The van der Waals surface area contributed by atoms with E-state index < -0.39 is 11.9 Å². The minimum atomic E-state index is -1.02. The summed E-state index contributed by atoms with van der Waals surface area (Å²) in [6, 6.07) is 9.90. The highest BCUT2D eigenvalue weighted by Crippen LogP contribution is 2.27. The molecule has 1 amide bonds. The number of amides is 1. The summed E-state index contributed by atoms with van der Waals surface area (Å²) in [5.74, 6) is -0.626. The highest BCUT2D eigenvalue weighted by Gasteiger charge is 2.14.